The van der Waals surface area contributed by atoms with Crippen molar-refractivity contribution in [1.29, 1.82) is 0 Å². The Morgan fingerprint density at radius 3 is 2.85 bits per heavy atom. The molecule has 0 unspecified atom stereocenters. The van der Waals surface area contributed by atoms with E-state index in [0.29, 0.717) is 37.6 Å². The minimum atomic E-state index is -0.121. The van der Waals surface area contributed by atoms with Crippen LogP contribution in [0.3, 0.4) is 0 Å². The minimum Gasteiger partial charge on any atom is -0.491 e. The Labute approximate surface area is 152 Å². The van der Waals surface area contributed by atoms with Crippen LogP contribution >= 0.6 is 0 Å². The summed E-state index contributed by atoms with van der Waals surface area (Å²) in [6, 6.07) is 15.2. The summed E-state index contributed by atoms with van der Waals surface area (Å²) in [6.07, 6.45) is 0. The van der Waals surface area contributed by atoms with E-state index in [1.54, 1.807) is 19.2 Å². The van der Waals surface area contributed by atoms with Crippen molar-refractivity contribution in [2.24, 2.45) is 0 Å². The quantitative estimate of drug-likeness (QED) is 0.633. The molecule has 0 aliphatic heterocycles. The van der Waals surface area contributed by atoms with E-state index in [-0.39, 0.29) is 5.91 Å². The van der Waals surface area contributed by atoms with Crippen LogP contribution in [0, 0.1) is 6.92 Å². The molecule has 3 aromatic rings. The second kappa shape index (κ2) is 8.49. The van der Waals surface area contributed by atoms with Crippen LogP contribution in [-0.4, -0.2) is 42.3 Å². The van der Waals surface area contributed by atoms with Gasteiger partial charge in [-0.2, -0.15) is 0 Å². The summed E-state index contributed by atoms with van der Waals surface area (Å²) in [7, 11) is 1.62. The molecule has 1 heterocycles. The molecule has 6 nitrogen and oxygen atoms in total. The average molecular weight is 353 g/mol. The number of hydrogen-bond acceptors (Lipinski definition) is 4. The number of imidazole rings is 1. The van der Waals surface area contributed by atoms with Gasteiger partial charge in [-0.05, 0) is 37.3 Å². The number of methoxy groups -OCH3 is 1. The van der Waals surface area contributed by atoms with Gasteiger partial charge < -0.3 is 19.4 Å². The molecule has 6 heteroatoms. The van der Waals surface area contributed by atoms with E-state index in [1.165, 1.54) is 0 Å². The van der Waals surface area contributed by atoms with Crippen LogP contribution in [0.15, 0.2) is 48.5 Å². The normalized spacial score (nSPS) is 10.8. The van der Waals surface area contributed by atoms with Crippen LogP contribution in [0.25, 0.3) is 11.0 Å². The van der Waals surface area contributed by atoms with Gasteiger partial charge >= 0.3 is 0 Å². The number of fused-ring (bicyclic) bond motifs is 1. The number of nitrogens with one attached hydrogen (secondary N) is 1. The maximum absolute atomic E-state index is 12.4. The number of ether oxygens (including phenoxy) is 2. The van der Waals surface area contributed by atoms with Gasteiger partial charge in [-0.15, -0.1) is 0 Å². The number of rotatable bonds is 8. The largest absolute Gasteiger partial charge is 0.491 e. The fraction of sp³-hybridized carbons (Fsp3) is 0.300. The number of aryl methyl sites for hydroxylation is 1. The lowest BCUT2D eigenvalue weighted by molar-refractivity contribution is 0.0951. The fourth-order valence-electron chi connectivity index (χ4n) is 2.83. The molecule has 0 saturated carbocycles. The van der Waals surface area contributed by atoms with Crippen molar-refractivity contribution < 1.29 is 14.3 Å². The Bertz CT molecular complexity index is 889. The number of nitrogens with zero attached hydrogens (tertiary/aromatic N) is 2. The zero-order chi connectivity index (χ0) is 18.4. The first-order chi connectivity index (χ1) is 12.7. The highest BCUT2D eigenvalue weighted by Crippen LogP contribution is 2.15. The molecule has 0 bridgehead atoms. The molecule has 0 saturated heterocycles. The van der Waals surface area contributed by atoms with E-state index in [9.17, 15) is 4.79 Å². The molecule has 2 aromatic carbocycles. The molecule has 26 heavy (non-hydrogen) atoms. The summed E-state index contributed by atoms with van der Waals surface area (Å²) in [5.74, 6) is 1.48. The number of amides is 1. The lowest BCUT2D eigenvalue weighted by Crippen LogP contribution is -2.27. The lowest BCUT2D eigenvalue weighted by Gasteiger charge is -2.10. The molecule has 0 aliphatic rings. The topological polar surface area (TPSA) is 65.4 Å². The van der Waals surface area contributed by atoms with Crippen molar-refractivity contribution in [2.45, 2.75) is 13.5 Å². The molecule has 136 valence electrons. The Morgan fingerprint density at radius 1 is 1.15 bits per heavy atom. The number of carbonyl (C=O) groups is 1. The first kappa shape index (κ1) is 17.9. The van der Waals surface area contributed by atoms with Crippen molar-refractivity contribution in [3.05, 3.63) is 59.9 Å². The summed E-state index contributed by atoms with van der Waals surface area (Å²) in [4.78, 5) is 16.9. The monoisotopic (exact) mass is 353 g/mol. The van der Waals surface area contributed by atoms with E-state index in [4.69, 9.17) is 9.47 Å². The van der Waals surface area contributed by atoms with Crippen LogP contribution in [-0.2, 0) is 11.3 Å². The van der Waals surface area contributed by atoms with Crippen LogP contribution in [0.1, 0.15) is 16.2 Å². The van der Waals surface area contributed by atoms with Gasteiger partial charge in [-0.3, -0.25) is 4.79 Å². The third kappa shape index (κ3) is 4.21. The molecular formula is C20H23N3O3. The summed E-state index contributed by atoms with van der Waals surface area (Å²) in [6.45, 7) is 4.13. The summed E-state index contributed by atoms with van der Waals surface area (Å²) >= 11 is 0. The van der Waals surface area contributed by atoms with Crippen LogP contribution in [0.4, 0.5) is 0 Å². The van der Waals surface area contributed by atoms with Crippen molar-refractivity contribution in [3.63, 3.8) is 0 Å². The highest BCUT2D eigenvalue weighted by Gasteiger charge is 2.09. The highest BCUT2D eigenvalue weighted by atomic mass is 16.5. The third-order valence-electron chi connectivity index (χ3n) is 4.12. The van der Waals surface area contributed by atoms with Gasteiger partial charge in [0.1, 0.15) is 18.2 Å². The Kier molecular flexibility index (Phi) is 5.86. The molecule has 1 aromatic heterocycles. The molecule has 0 atom stereocenters. The van der Waals surface area contributed by atoms with E-state index >= 15 is 0 Å². The molecule has 1 N–H and O–H groups in total. The lowest BCUT2D eigenvalue weighted by atomic mass is 10.2. The molecule has 0 aliphatic carbocycles. The Balaban J connectivity index is 1.58. The second-order valence-corrected chi connectivity index (χ2v) is 5.92. The first-order valence-corrected chi connectivity index (χ1v) is 8.61. The third-order valence-corrected chi connectivity index (χ3v) is 4.12. The minimum absolute atomic E-state index is 0.121. The number of carbonyl (C=O) groups excluding carboxylic acids is 1. The smallest absolute Gasteiger partial charge is 0.251 e. The van der Waals surface area contributed by atoms with Gasteiger partial charge in [-0.1, -0.05) is 18.2 Å². The number of aromatic nitrogens is 2. The zero-order valence-electron chi connectivity index (χ0n) is 15.1. The SMILES string of the molecule is COCCOc1cccc(C(=O)NCCn2c(C)nc3ccccc32)c1. The van der Waals surface area contributed by atoms with Gasteiger partial charge in [0, 0.05) is 25.8 Å². The predicted octanol–water partition coefficient (Wildman–Crippen LogP) is 2.80. The molecule has 3 rings (SSSR count). The molecular weight excluding hydrogens is 330 g/mol. The number of hydrogen-bond donors (Lipinski definition) is 1. The van der Waals surface area contributed by atoms with Crippen LogP contribution in [0.2, 0.25) is 0 Å². The zero-order valence-corrected chi connectivity index (χ0v) is 15.1. The average Bonchev–Trinajstić information content (AvgIpc) is 2.98. The van der Waals surface area contributed by atoms with Gasteiger partial charge in [0.2, 0.25) is 0 Å². The van der Waals surface area contributed by atoms with Gasteiger partial charge in [-0.25, -0.2) is 4.98 Å². The van der Waals surface area contributed by atoms with Crippen LogP contribution in [0.5, 0.6) is 5.75 Å². The molecule has 1 amide bonds. The van der Waals surface area contributed by atoms with Crippen molar-refractivity contribution in [3.8, 4) is 5.75 Å². The van der Waals surface area contributed by atoms with E-state index in [2.05, 4.69) is 14.9 Å². The van der Waals surface area contributed by atoms with Gasteiger partial charge in [0.15, 0.2) is 0 Å². The van der Waals surface area contributed by atoms with Crippen molar-refractivity contribution >= 4 is 16.9 Å². The fourth-order valence-corrected chi connectivity index (χ4v) is 2.83. The predicted molar refractivity (Wildman–Crippen MR) is 101 cm³/mol. The maximum Gasteiger partial charge on any atom is 0.251 e. The Hall–Kier alpha value is -2.86. The van der Waals surface area contributed by atoms with E-state index in [1.807, 2.05) is 43.3 Å². The maximum atomic E-state index is 12.4. The van der Waals surface area contributed by atoms with Crippen molar-refractivity contribution in [1.82, 2.24) is 14.9 Å². The Morgan fingerprint density at radius 2 is 2.00 bits per heavy atom. The van der Waals surface area contributed by atoms with E-state index < -0.39 is 0 Å². The summed E-state index contributed by atoms with van der Waals surface area (Å²) in [5, 5.41) is 2.96. The summed E-state index contributed by atoms with van der Waals surface area (Å²) < 4.78 is 12.6. The highest BCUT2D eigenvalue weighted by molar-refractivity contribution is 5.94. The molecule has 0 fully saturated rings. The van der Waals surface area contributed by atoms with Gasteiger partial charge in [0.25, 0.3) is 5.91 Å². The van der Waals surface area contributed by atoms with Crippen LogP contribution < -0.4 is 10.1 Å². The summed E-state index contributed by atoms with van der Waals surface area (Å²) in [5.41, 5.74) is 2.62. The number of para-hydroxylation sites is 2. The molecule has 0 spiro atoms. The first-order valence-electron chi connectivity index (χ1n) is 8.61. The standard InChI is InChI=1S/C20H23N3O3/c1-15-22-18-8-3-4-9-19(18)23(15)11-10-21-20(24)16-6-5-7-17(14-16)26-13-12-25-2/h3-9,14H,10-13H2,1-2H3,(H,21,24). The van der Waals surface area contributed by atoms with E-state index in [0.717, 1.165) is 16.9 Å². The van der Waals surface area contributed by atoms with Gasteiger partial charge in [0.05, 0.1) is 17.6 Å². The number of benzene rings is 2. The molecule has 0 radical (unpaired) electrons. The second-order valence-electron chi connectivity index (χ2n) is 5.92. The van der Waals surface area contributed by atoms with Crippen molar-refractivity contribution in [2.75, 3.05) is 26.9 Å².